The zero-order chi connectivity index (χ0) is 21.8. The molecule has 0 spiro atoms. The van der Waals surface area contributed by atoms with E-state index >= 15 is 0 Å². The lowest BCUT2D eigenvalue weighted by Crippen LogP contribution is -2.43. The van der Waals surface area contributed by atoms with Gasteiger partial charge in [-0.25, -0.2) is 0 Å². The molecule has 5 nitrogen and oxygen atoms in total. The van der Waals surface area contributed by atoms with Crippen LogP contribution in [-0.4, -0.2) is 26.7 Å². The molecule has 2 saturated carbocycles. The highest BCUT2D eigenvalue weighted by Gasteiger charge is 2.54. The SMILES string of the molecule is COc1cc2c(cc1OS(=O)(=O)c1ccccc1)CCC1C2CCC2(C)C(O)CCC12. The third-order valence-corrected chi connectivity index (χ3v) is 9.44. The highest BCUT2D eigenvalue weighted by atomic mass is 32.2. The lowest BCUT2D eigenvalue weighted by atomic mass is 9.55. The van der Waals surface area contributed by atoms with E-state index in [2.05, 4.69) is 6.92 Å². The maximum absolute atomic E-state index is 12.8. The number of aliphatic hydroxyl groups is 1. The van der Waals surface area contributed by atoms with Gasteiger partial charge in [0.25, 0.3) is 0 Å². The molecule has 5 unspecified atom stereocenters. The van der Waals surface area contributed by atoms with Crippen molar-refractivity contribution in [2.24, 2.45) is 17.3 Å². The minimum Gasteiger partial charge on any atom is -0.493 e. The summed E-state index contributed by atoms with van der Waals surface area (Å²) in [6, 6.07) is 12.0. The van der Waals surface area contributed by atoms with Gasteiger partial charge in [0.05, 0.1) is 13.2 Å². The van der Waals surface area contributed by atoms with E-state index in [0.29, 0.717) is 23.5 Å². The second-order valence-electron chi connectivity index (χ2n) is 9.61. The van der Waals surface area contributed by atoms with Crippen LogP contribution in [0.1, 0.15) is 56.1 Å². The number of benzene rings is 2. The summed E-state index contributed by atoms with van der Waals surface area (Å²) >= 11 is 0. The van der Waals surface area contributed by atoms with Crippen molar-refractivity contribution in [3.8, 4) is 11.5 Å². The molecule has 0 amide bonds. The Morgan fingerprint density at radius 1 is 1.03 bits per heavy atom. The second-order valence-corrected chi connectivity index (χ2v) is 11.2. The monoisotopic (exact) mass is 442 g/mol. The fourth-order valence-corrected chi connectivity index (χ4v) is 7.48. The fourth-order valence-electron chi connectivity index (χ4n) is 6.53. The molecule has 0 bridgehead atoms. The topological polar surface area (TPSA) is 72.8 Å². The summed E-state index contributed by atoms with van der Waals surface area (Å²) in [6.07, 6.45) is 5.86. The number of ether oxygens (including phenoxy) is 1. The van der Waals surface area contributed by atoms with Crippen LogP contribution in [0.2, 0.25) is 0 Å². The quantitative estimate of drug-likeness (QED) is 0.696. The third-order valence-electron chi connectivity index (χ3n) is 8.19. The Hall–Kier alpha value is -2.05. The van der Waals surface area contributed by atoms with Gasteiger partial charge in [-0.2, -0.15) is 8.42 Å². The molecule has 166 valence electrons. The molecule has 6 heteroatoms. The van der Waals surface area contributed by atoms with Gasteiger partial charge in [0, 0.05) is 0 Å². The Morgan fingerprint density at radius 3 is 2.55 bits per heavy atom. The van der Waals surface area contributed by atoms with Gasteiger partial charge in [0.2, 0.25) is 0 Å². The smallest absolute Gasteiger partial charge is 0.339 e. The molecule has 0 aromatic heterocycles. The van der Waals surface area contributed by atoms with Crippen molar-refractivity contribution < 1.29 is 22.4 Å². The van der Waals surface area contributed by atoms with Crippen molar-refractivity contribution >= 4 is 10.1 Å². The van der Waals surface area contributed by atoms with Gasteiger partial charge >= 0.3 is 10.1 Å². The van der Waals surface area contributed by atoms with E-state index in [1.807, 2.05) is 12.1 Å². The average molecular weight is 443 g/mol. The maximum atomic E-state index is 12.8. The number of rotatable bonds is 4. The van der Waals surface area contributed by atoms with Crippen LogP contribution < -0.4 is 8.92 Å². The summed E-state index contributed by atoms with van der Waals surface area (Å²) in [5, 5.41) is 10.6. The fraction of sp³-hybridized carbons (Fsp3) is 0.520. The van der Waals surface area contributed by atoms with E-state index < -0.39 is 10.1 Å². The highest BCUT2D eigenvalue weighted by Crippen LogP contribution is 2.61. The van der Waals surface area contributed by atoms with Gasteiger partial charge < -0.3 is 14.0 Å². The van der Waals surface area contributed by atoms with Gasteiger partial charge in [-0.15, -0.1) is 0 Å². The molecule has 5 atom stereocenters. The molecule has 5 rings (SSSR count). The molecule has 0 heterocycles. The molecule has 31 heavy (non-hydrogen) atoms. The third kappa shape index (κ3) is 3.35. The Labute approximate surface area is 184 Å². The van der Waals surface area contributed by atoms with E-state index in [0.717, 1.165) is 44.1 Å². The van der Waals surface area contributed by atoms with Crippen LogP contribution in [0.25, 0.3) is 0 Å². The first-order chi connectivity index (χ1) is 14.8. The Kier molecular flexibility index (Phi) is 5.05. The Bertz CT molecular complexity index is 1080. The second kappa shape index (κ2) is 7.52. The zero-order valence-corrected chi connectivity index (χ0v) is 18.9. The molecule has 3 aliphatic rings. The first-order valence-corrected chi connectivity index (χ1v) is 12.6. The molecule has 3 aliphatic carbocycles. The Balaban J connectivity index is 1.48. The normalized spacial score (nSPS) is 32.0. The van der Waals surface area contributed by atoms with Gasteiger partial charge in [-0.1, -0.05) is 25.1 Å². The molecule has 2 aromatic rings. The van der Waals surface area contributed by atoms with Crippen LogP contribution in [0.15, 0.2) is 47.4 Å². The first-order valence-electron chi connectivity index (χ1n) is 11.2. The summed E-state index contributed by atoms with van der Waals surface area (Å²) in [5.74, 6) is 2.25. The summed E-state index contributed by atoms with van der Waals surface area (Å²) in [4.78, 5) is 0.126. The first kappa shape index (κ1) is 20.8. The summed E-state index contributed by atoms with van der Waals surface area (Å²) in [7, 11) is -2.38. The number of fused-ring (bicyclic) bond motifs is 5. The number of aliphatic hydroxyl groups excluding tert-OH is 1. The molecular weight excluding hydrogens is 412 g/mol. The molecule has 0 radical (unpaired) electrons. The summed E-state index contributed by atoms with van der Waals surface area (Å²) in [6.45, 7) is 2.27. The summed E-state index contributed by atoms with van der Waals surface area (Å²) in [5.41, 5.74) is 2.46. The van der Waals surface area contributed by atoms with Crippen molar-refractivity contribution in [2.45, 2.75) is 62.4 Å². The number of methoxy groups -OCH3 is 1. The van der Waals surface area contributed by atoms with E-state index in [4.69, 9.17) is 8.92 Å². The molecule has 2 aromatic carbocycles. The van der Waals surface area contributed by atoms with Gasteiger partial charge in [0.15, 0.2) is 11.5 Å². The van der Waals surface area contributed by atoms with Gasteiger partial charge in [0.1, 0.15) is 4.90 Å². The minimum atomic E-state index is -3.93. The predicted octanol–water partition coefficient (Wildman–Crippen LogP) is 4.68. The predicted molar refractivity (Wildman–Crippen MR) is 118 cm³/mol. The highest BCUT2D eigenvalue weighted by molar-refractivity contribution is 7.87. The zero-order valence-electron chi connectivity index (χ0n) is 18.1. The van der Waals surface area contributed by atoms with Crippen molar-refractivity contribution in [3.63, 3.8) is 0 Å². The van der Waals surface area contributed by atoms with Crippen molar-refractivity contribution in [2.75, 3.05) is 7.11 Å². The van der Waals surface area contributed by atoms with Crippen LogP contribution in [0.4, 0.5) is 0 Å². The molecule has 0 aliphatic heterocycles. The molecule has 1 N–H and O–H groups in total. The van der Waals surface area contributed by atoms with E-state index in [1.165, 1.54) is 17.7 Å². The van der Waals surface area contributed by atoms with Crippen molar-refractivity contribution in [1.82, 2.24) is 0 Å². The largest absolute Gasteiger partial charge is 0.493 e. The standard InChI is InChI=1S/C25H30O5S/c1-25-13-12-18-19(21(25)10-11-24(25)26)9-8-16-14-23(22(29-2)15-20(16)18)30-31(27,28)17-6-4-3-5-7-17/h3-7,14-15,18-19,21,24,26H,8-13H2,1-2H3. The number of aryl methyl sites for hydroxylation is 1. The number of hydrogen-bond acceptors (Lipinski definition) is 5. The number of hydrogen-bond donors (Lipinski definition) is 1. The van der Waals surface area contributed by atoms with Crippen LogP contribution in [-0.2, 0) is 16.5 Å². The maximum Gasteiger partial charge on any atom is 0.339 e. The van der Waals surface area contributed by atoms with E-state index in [9.17, 15) is 13.5 Å². The van der Waals surface area contributed by atoms with Crippen molar-refractivity contribution in [3.05, 3.63) is 53.6 Å². The molecule has 0 saturated heterocycles. The minimum absolute atomic E-state index is 0.0373. The lowest BCUT2D eigenvalue weighted by molar-refractivity contribution is -0.0226. The van der Waals surface area contributed by atoms with Crippen LogP contribution in [0.5, 0.6) is 11.5 Å². The summed E-state index contributed by atoms with van der Waals surface area (Å²) < 4.78 is 36.6. The molecular formula is C25H30O5S. The van der Waals surface area contributed by atoms with Crippen LogP contribution in [0, 0.1) is 17.3 Å². The van der Waals surface area contributed by atoms with Crippen LogP contribution >= 0.6 is 0 Å². The Morgan fingerprint density at radius 2 is 1.81 bits per heavy atom. The van der Waals surface area contributed by atoms with Crippen LogP contribution in [0.3, 0.4) is 0 Å². The van der Waals surface area contributed by atoms with Crippen molar-refractivity contribution in [1.29, 1.82) is 0 Å². The van der Waals surface area contributed by atoms with Gasteiger partial charge in [-0.3, -0.25) is 0 Å². The van der Waals surface area contributed by atoms with Gasteiger partial charge in [-0.05, 0) is 97.1 Å². The van der Waals surface area contributed by atoms with E-state index in [-0.39, 0.29) is 22.2 Å². The lowest BCUT2D eigenvalue weighted by Gasteiger charge is -2.50. The van der Waals surface area contributed by atoms with E-state index in [1.54, 1.807) is 25.3 Å². The average Bonchev–Trinajstić information content (AvgIpc) is 3.08. The molecule has 2 fully saturated rings.